The number of nitrogen functional groups attached to an aromatic ring is 1. The van der Waals surface area contributed by atoms with Crippen LogP contribution in [0.2, 0.25) is 0 Å². The Balaban J connectivity index is 1.60. The normalized spacial score (nSPS) is 13.8. The molecule has 5 heteroatoms. The molecule has 0 unspecified atom stereocenters. The molecule has 106 valence electrons. The Morgan fingerprint density at radius 2 is 2.30 bits per heavy atom. The predicted molar refractivity (Wildman–Crippen MR) is 78.8 cm³/mol. The maximum Gasteiger partial charge on any atom is 0.189 e. The van der Waals surface area contributed by atoms with Gasteiger partial charge in [-0.3, -0.25) is 0 Å². The van der Waals surface area contributed by atoms with Crippen LogP contribution in [0.5, 0.6) is 5.75 Å². The first-order valence-corrected chi connectivity index (χ1v) is 7.43. The van der Waals surface area contributed by atoms with Crippen LogP contribution in [0.4, 0.5) is 5.69 Å². The van der Waals surface area contributed by atoms with Gasteiger partial charge >= 0.3 is 0 Å². The molecule has 2 aromatic rings. The minimum Gasteiger partial charge on any atom is -0.467 e. The van der Waals surface area contributed by atoms with E-state index in [-0.39, 0.29) is 0 Å². The third-order valence-electron chi connectivity index (χ3n) is 3.14. The van der Waals surface area contributed by atoms with Crippen molar-refractivity contribution in [2.24, 2.45) is 0 Å². The highest BCUT2D eigenvalue weighted by Crippen LogP contribution is 2.31. The van der Waals surface area contributed by atoms with Gasteiger partial charge in [0.25, 0.3) is 0 Å². The third-order valence-corrected chi connectivity index (χ3v) is 4.08. The van der Waals surface area contributed by atoms with Crippen LogP contribution in [0, 0.1) is 0 Å². The number of anilines is 1. The van der Waals surface area contributed by atoms with E-state index in [1.54, 1.807) is 11.3 Å². The Bertz CT molecular complexity index is 569. The van der Waals surface area contributed by atoms with Crippen LogP contribution in [0.3, 0.4) is 0 Å². The van der Waals surface area contributed by atoms with Crippen LogP contribution in [0.15, 0.2) is 29.6 Å². The van der Waals surface area contributed by atoms with Gasteiger partial charge in [-0.15, -0.1) is 11.3 Å². The molecule has 0 amide bonds. The Hall–Kier alpha value is -1.56. The van der Waals surface area contributed by atoms with Crippen molar-refractivity contribution in [2.45, 2.75) is 19.6 Å². The molecule has 0 saturated carbocycles. The van der Waals surface area contributed by atoms with Gasteiger partial charge in [0.05, 0.1) is 19.8 Å². The van der Waals surface area contributed by atoms with Crippen LogP contribution in [0.1, 0.15) is 16.0 Å². The fourth-order valence-electron chi connectivity index (χ4n) is 2.24. The first-order valence-electron chi connectivity index (χ1n) is 6.55. The summed E-state index contributed by atoms with van der Waals surface area (Å²) >= 11 is 1.75. The lowest BCUT2D eigenvalue weighted by atomic mass is 10.1. The summed E-state index contributed by atoms with van der Waals surface area (Å²) in [7, 11) is 0. The van der Waals surface area contributed by atoms with Gasteiger partial charge in [0.15, 0.2) is 6.79 Å². The SMILES string of the molecule is Nc1cc(COCCc2cccs2)c2c(c1)COCO2. The number of hydrogen-bond donors (Lipinski definition) is 1. The average molecular weight is 291 g/mol. The van der Waals surface area contributed by atoms with Crippen molar-refractivity contribution in [3.8, 4) is 5.75 Å². The molecule has 1 aliphatic rings. The van der Waals surface area contributed by atoms with Gasteiger partial charge in [-0.2, -0.15) is 0 Å². The molecule has 20 heavy (non-hydrogen) atoms. The molecule has 0 atom stereocenters. The van der Waals surface area contributed by atoms with E-state index >= 15 is 0 Å². The van der Waals surface area contributed by atoms with E-state index in [1.807, 2.05) is 12.1 Å². The third kappa shape index (κ3) is 3.12. The average Bonchev–Trinajstić information content (AvgIpc) is 2.96. The fraction of sp³-hybridized carbons (Fsp3) is 0.333. The Morgan fingerprint density at radius 3 is 3.15 bits per heavy atom. The van der Waals surface area contributed by atoms with Crippen LogP contribution >= 0.6 is 11.3 Å². The van der Waals surface area contributed by atoms with Crippen molar-refractivity contribution in [3.63, 3.8) is 0 Å². The molecule has 1 aromatic heterocycles. The summed E-state index contributed by atoms with van der Waals surface area (Å²) in [5, 5.41) is 2.08. The molecule has 2 N–H and O–H groups in total. The van der Waals surface area contributed by atoms with Crippen molar-refractivity contribution in [1.82, 2.24) is 0 Å². The van der Waals surface area contributed by atoms with E-state index in [1.165, 1.54) is 4.88 Å². The monoisotopic (exact) mass is 291 g/mol. The lowest BCUT2D eigenvalue weighted by molar-refractivity contribution is -0.0183. The first-order chi connectivity index (χ1) is 9.83. The van der Waals surface area contributed by atoms with Gasteiger partial charge in [-0.25, -0.2) is 0 Å². The maximum absolute atomic E-state index is 5.90. The maximum atomic E-state index is 5.90. The molecule has 0 fully saturated rings. The summed E-state index contributed by atoms with van der Waals surface area (Å²) in [5.74, 6) is 0.863. The van der Waals surface area contributed by atoms with Crippen molar-refractivity contribution in [1.29, 1.82) is 0 Å². The van der Waals surface area contributed by atoms with Gasteiger partial charge < -0.3 is 19.9 Å². The molecule has 4 nitrogen and oxygen atoms in total. The van der Waals surface area contributed by atoms with Gasteiger partial charge in [0.1, 0.15) is 5.75 Å². The number of ether oxygens (including phenoxy) is 3. The number of hydrogen-bond acceptors (Lipinski definition) is 5. The highest BCUT2D eigenvalue weighted by molar-refractivity contribution is 7.09. The van der Waals surface area contributed by atoms with Gasteiger partial charge in [0.2, 0.25) is 0 Å². The predicted octanol–water partition coefficient (Wildman–Crippen LogP) is 2.96. The first kappa shape index (κ1) is 13.4. The quantitative estimate of drug-likeness (QED) is 0.680. The van der Waals surface area contributed by atoms with Crippen molar-refractivity contribution < 1.29 is 14.2 Å². The van der Waals surface area contributed by atoms with Gasteiger partial charge in [-0.05, 0) is 23.6 Å². The fourth-order valence-corrected chi connectivity index (χ4v) is 2.93. The van der Waals surface area contributed by atoms with Crippen molar-refractivity contribution >= 4 is 17.0 Å². The summed E-state index contributed by atoms with van der Waals surface area (Å²) in [6.07, 6.45) is 0.937. The number of thiophene rings is 1. The smallest absolute Gasteiger partial charge is 0.189 e. The number of fused-ring (bicyclic) bond motifs is 1. The van der Waals surface area contributed by atoms with E-state index in [2.05, 4.69) is 17.5 Å². The molecule has 0 spiro atoms. The molecule has 0 aliphatic carbocycles. The molecular formula is C15H17NO3S. The largest absolute Gasteiger partial charge is 0.467 e. The molecule has 1 aromatic carbocycles. The van der Waals surface area contributed by atoms with Gasteiger partial charge in [0, 0.05) is 28.1 Å². The lowest BCUT2D eigenvalue weighted by Crippen LogP contribution is -2.14. The summed E-state index contributed by atoms with van der Waals surface area (Å²) < 4.78 is 16.6. The van der Waals surface area contributed by atoms with Gasteiger partial charge in [-0.1, -0.05) is 6.07 Å². The molecule has 0 bridgehead atoms. The minimum absolute atomic E-state index is 0.291. The Kier molecular flexibility index (Phi) is 4.20. The Morgan fingerprint density at radius 1 is 1.35 bits per heavy atom. The van der Waals surface area contributed by atoms with Crippen molar-refractivity contribution in [3.05, 3.63) is 45.6 Å². The van der Waals surface area contributed by atoms with E-state index < -0.39 is 0 Å². The highest BCUT2D eigenvalue weighted by Gasteiger charge is 2.16. The van der Waals surface area contributed by atoms with E-state index in [4.69, 9.17) is 19.9 Å². The van der Waals surface area contributed by atoms with Crippen LogP contribution in [-0.2, 0) is 29.1 Å². The number of rotatable bonds is 5. The summed E-state index contributed by atoms with van der Waals surface area (Å²) in [5.41, 5.74) is 8.60. The highest BCUT2D eigenvalue weighted by atomic mass is 32.1. The summed E-state index contributed by atoms with van der Waals surface area (Å²) in [6.45, 7) is 2.04. The van der Waals surface area contributed by atoms with Crippen molar-refractivity contribution in [2.75, 3.05) is 19.1 Å². The number of benzene rings is 1. The van der Waals surface area contributed by atoms with Crippen LogP contribution in [0.25, 0.3) is 0 Å². The second-order valence-electron chi connectivity index (χ2n) is 4.66. The zero-order chi connectivity index (χ0) is 13.8. The molecule has 3 rings (SSSR count). The zero-order valence-corrected chi connectivity index (χ0v) is 11.9. The zero-order valence-electron chi connectivity index (χ0n) is 11.1. The second-order valence-corrected chi connectivity index (χ2v) is 5.69. The minimum atomic E-state index is 0.291. The second kappa shape index (κ2) is 6.26. The van der Waals surface area contributed by atoms with Crippen LogP contribution < -0.4 is 10.5 Å². The van der Waals surface area contributed by atoms with E-state index in [0.717, 1.165) is 29.0 Å². The summed E-state index contributed by atoms with van der Waals surface area (Å²) in [6, 6.07) is 7.98. The lowest BCUT2D eigenvalue weighted by Gasteiger charge is -2.21. The molecule has 1 aliphatic heterocycles. The molecule has 2 heterocycles. The molecule has 0 radical (unpaired) electrons. The standard InChI is InChI=1S/C15H17NO3S/c16-13-6-11(15-12(7-13)9-18-10-19-15)8-17-4-3-14-2-1-5-20-14/h1-2,5-7H,3-4,8-10,16H2. The molecule has 0 saturated heterocycles. The van der Waals surface area contributed by atoms with Crippen LogP contribution in [-0.4, -0.2) is 13.4 Å². The summed E-state index contributed by atoms with van der Waals surface area (Å²) in [4.78, 5) is 1.34. The topological polar surface area (TPSA) is 53.7 Å². The molecular weight excluding hydrogens is 274 g/mol. The van der Waals surface area contributed by atoms with E-state index in [0.29, 0.717) is 26.6 Å². The number of nitrogens with two attached hydrogens (primary N) is 1. The Labute approximate surface area is 122 Å². The van der Waals surface area contributed by atoms with E-state index in [9.17, 15) is 0 Å².